The molecule has 0 aromatic heterocycles. The van der Waals surface area contributed by atoms with E-state index in [1.54, 1.807) is 18.2 Å². The Morgan fingerprint density at radius 1 is 1.19 bits per heavy atom. The fraction of sp³-hybridized carbons (Fsp3) is 0.125. The van der Waals surface area contributed by atoms with E-state index in [0.717, 1.165) is 17.0 Å². The molecule has 2 aromatic rings. The van der Waals surface area contributed by atoms with Gasteiger partial charge in [0.15, 0.2) is 5.75 Å². The molecular formula is C16H15Cl2NO2. The topological polar surface area (TPSA) is 41.5 Å². The number of nitrogens with one attached hydrogen (secondary N) is 1. The summed E-state index contributed by atoms with van der Waals surface area (Å²) in [5, 5.41) is 13.2. The van der Waals surface area contributed by atoms with Crippen LogP contribution in [0.15, 0.2) is 49.1 Å². The lowest BCUT2D eigenvalue weighted by molar-refractivity contribution is 0.359. The van der Waals surface area contributed by atoms with Gasteiger partial charge in [0, 0.05) is 17.8 Å². The number of aromatic hydroxyl groups is 1. The van der Waals surface area contributed by atoms with Crippen LogP contribution in [0, 0.1) is 0 Å². The van der Waals surface area contributed by atoms with Gasteiger partial charge in [0.05, 0.1) is 10.0 Å². The van der Waals surface area contributed by atoms with Crippen molar-refractivity contribution in [2.75, 3.05) is 11.9 Å². The summed E-state index contributed by atoms with van der Waals surface area (Å²) >= 11 is 11.8. The molecule has 0 saturated carbocycles. The summed E-state index contributed by atoms with van der Waals surface area (Å²) in [6, 6.07) is 11.0. The maximum Gasteiger partial charge on any atom is 0.152 e. The van der Waals surface area contributed by atoms with Crippen LogP contribution in [-0.2, 0) is 6.54 Å². The van der Waals surface area contributed by atoms with Crippen molar-refractivity contribution in [2.45, 2.75) is 6.54 Å². The fourth-order valence-corrected chi connectivity index (χ4v) is 2.29. The van der Waals surface area contributed by atoms with E-state index in [2.05, 4.69) is 11.9 Å². The number of ether oxygens (including phenoxy) is 1. The molecule has 3 nitrogen and oxygen atoms in total. The predicted octanol–water partition coefficient (Wildman–Crippen LogP) is 4.88. The number of benzene rings is 2. The Morgan fingerprint density at radius 3 is 2.52 bits per heavy atom. The molecule has 2 N–H and O–H groups in total. The molecule has 0 atom stereocenters. The molecule has 0 saturated heterocycles. The molecule has 0 amide bonds. The van der Waals surface area contributed by atoms with Gasteiger partial charge in [-0.15, -0.1) is 0 Å². The van der Waals surface area contributed by atoms with Crippen molar-refractivity contribution >= 4 is 28.9 Å². The maximum absolute atomic E-state index is 9.54. The summed E-state index contributed by atoms with van der Waals surface area (Å²) in [6.45, 7) is 4.63. The number of hydrogen-bond acceptors (Lipinski definition) is 3. The van der Waals surface area contributed by atoms with Gasteiger partial charge in [0.25, 0.3) is 0 Å². The van der Waals surface area contributed by atoms with Crippen molar-refractivity contribution in [1.29, 1.82) is 0 Å². The molecule has 5 heteroatoms. The lowest BCUT2D eigenvalue weighted by Gasteiger charge is -2.12. The average Bonchev–Trinajstić information content (AvgIpc) is 2.49. The van der Waals surface area contributed by atoms with Gasteiger partial charge in [-0.3, -0.25) is 0 Å². The van der Waals surface area contributed by atoms with Crippen molar-refractivity contribution in [3.8, 4) is 11.5 Å². The van der Waals surface area contributed by atoms with Gasteiger partial charge >= 0.3 is 0 Å². The highest BCUT2D eigenvalue weighted by Crippen LogP contribution is 2.34. The number of hydrogen-bond donors (Lipinski definition) is 2. The Hall–Kier alpha value is -1.84. The second-order valence-electron chi connectivity index (χ2n) is 4.35. The molecule has 2 rings (SSSR count). The van der Waals surface area contributed by atoms with Crippen molar-refractivity contribution in [3.05, 3.63) is 64.7 Å². The quantitative estimate of drug-likeness (QED) is 0.588. The molecule has 110 valence electrons. The minimum absolute atomic E-state index is 0.112. The molecule has 0 heterocycles. The van der Waals surface area contributed by atoms with Crippen LogP contribution in [0.4, 0.5) is 5.69 Å². The Labute approximate surface area is 133 Å². The average molecular weight is 324 g/mol. The van der Waals surface area contributed by atoms with Crippen LogP contribution < -0.4 is 10.1 Å². The predicted molar refractivity (Wildman–Crippen MR) is 87.6 cm³/mol. The second-order valence-corrected chi connectivity index (χ2v) is 5.16. The number of anilines is 1. The van der Waals surface area contributed by atoms with Crippen LogP contribution in [0.5, 0.6) is 11.5 Å². The zero-order chi connectivity index (χ0) is 15.2. The van der Waals surface area contributed by atoms with Gasteiger partial charge in [-0.25, -0.2) is 0 Å². The van der Waals surface area contributed by atoms with Crippen LogP contribution in [0.2, 0.25) is 10.0 Å². The Morgan fingerprint density at radius 2 is 1.86 bits per heavy atom. The molecule has 21 heavy (non-hydrogen) atoms. The number of phenols is 1. The van der Waals surface area contributed by atoms with E-state index in [9.17, 15) is 5.11 Å². The van der Waals surface area contributed by atoms with Gasteiger partial charge in [-0.05, 0) is 18.2 Å². The van der Waals surface area contributed by atoms with Crippen LogP contribution >= 0.6 is 23.2 Å². The molecule has 2 aromatic carbocycles. The van der Waals surface area contributed by atoms with E-state index in [0.29, 0.717) is 13.2 Å². The molecule has 0 unspecified atom stereocenters. The summed E-state index contributed by atoms with van der Waals surface area (Å²) in [5.41, 5.74) is 1.72. The molecule has 0 bridgehead atoms. The van der Waals surface area contributed by atoms with Crippen molar-refractivity contribution in [2.24, 2.45) is 0 Å². The molecule has 0 fully saturated rings. The summed E-state index contributed by atoms with van der Waals surface area (Å²) in [7, 11) is 0. The number of rotatable bonds is 6. The zero-order valence-electron chi connectivity index (χ0n) is 11.3. The van der Waals surface area contributed by atoms with E-state index < -0.39 is 0 Å². The first kappa shape index (κ1) is 15.5. The highest BCUT2D eigenvalue weighted by molar-refractivity contribution is 6.37. The van der Waals surface area contributed by atoms with Crippen molar-refractivity contribution in [3.63, 3.8) is 0 Å². The van der Waals surface area contributed by atoms with Crippen molar-refractivity contribution < 1.29 is 9.84 Å². The number of halogens is 2. The van der Waals surface area contributed by atoms with Gasteiger partial charge in [-0.2, -0.15) is 0 Å². The molecular weight excluding hydrogens is 309 g/mol. The molecule has 0 aliphatic rings. The van der Waals surface area contributed by atoms with Crippen molar-refractivity contribution in [1.82, 2.24) is 0 Å². The lowest BCUT2D eigenvalue weighted by Crippen LogP contribution is -2.03. The summed E-state index contributed by atoms with van der Waals surface area (Å²) in [6.07, 6.45) is 1.70. The first-order valence-corrected chi connectivity index (χ1v) is 7.11. The van der Waals surface area contributed by atoms with E-state index in [1.807, 2.05) is 24.3 Å². The van der Waals surface area contributed by atoms with Gasteiger partial charge < -0.3 is 15.2 Å². The Bertz CT molecular complexity index is 621. The Kier molecular flexibility index (Phi) is 5.37. The molecule has 0 spiro atoms. The van der Waals surface area contributed by atoms with E-state index >= 15 is 0 Å². The number of para-hydroxylation sites is 1. The summed E-state index contributed by atoms with van der Waals surface area (Å²) in [5.74, 6) is 0.680. The molecule has 0 radical (unpaired) electrons. The Balaban J connectivity index is 2.11. The van der Waals surface area contributed by atoms with Crippen LogP contribution in [0.25, 0.3) is 0 Å². The van der Waals surface area contributed by atoms with Crippen LogP contribution in [0.1, 0.15) is 5.56 Å². The first-order chi connectivity index (χ1) is 10.1. The van der Waals surface area contributed by atoms with E-state index in [-0.39, 0.29) is 15.8 Å². The largest absolute Gasteiger partial charge is 0.505 e. The zero-order valence-corrected chi connectivity index (χ0v) is 12.8. The summed E-state index contributed by atoms with van der Waals surface area (Å²) in [4.78, 5) is 0. The van der Waals surface area contributed by atoms with Gasteiger partial charge in [0.1, 0.15) is 12.4 Å². The van der Waals surface area contributed by atoms with Crippen LogP contribution in [0.3, 0.4) is 0 Å². The third kappa shape index (κ3) is 4.06. The molecule has 0 aliphatic heterocycles. The SMILES string of the molecule is C=CCOc1ccccc1CNc1cc(Cl)c(O)c(Cl)c1. The highest BCUT2D eigenvalue weighted by atomic mass is 35.5. The minimum atomic E-state index is -0.112. The van der Waals surface area contributed by atoms with Gasteiger partial charge in [0.2, 0.25) is 0 Å². The minimum Gasteiger partial charge on any atom is -0.505 e. The number of phenolic OH excluding ortho intramolecular Hbond substituents is 1. The standard InChI is InChI=1S/C16H15Cl2NO2/c1-2-7-21-15-6-4-3-5-11(15)10-19-12-8-13(17)16(20)14(18)9-12/h2-6,8-9,19-20H,1,7,10H2. The second kappa shape index (κ2) is 7.25. The molecule has 0 aliphatic carbocycles. The third-order valence-corrected chi connectivity index (χ3v) is 3.41. The summed E-state index contributed by atoms with van der Waals surface area (Å²) < 4.78 is 5.59. The third-order valence-electron chi connectivity index (χ3n) is 2.83. The smallest absolute Gasteiger partial charge is 0.152 e. The van der Waals surface area contributed by atoms with Gasteiger partial charge in [-0.1, -0.05) is 54.1 Å². The van der Waals surface area contributed by atoms with E-state index in [4.69, 9.17) is 27.9 Å². The van der Waals surface area contributed by atoms with E-state index in [1.165, 1.54) is 0 Å². The maximum atomic E-state index is 9.54. The normalized spacial score (nSPS) is 10.2. The monoisotopic (exact) mass is 323 g/mol. The van der Waals surface area contributed by atoms with Crippen LogP contribution in [-0.4, -0.2) is 11.7 Å². The first-order valence-electron chi connectivity index (χ1n) is 6.35. The fourth-order valence-electron chi connectivity index (χ4n) is 1.80. The highest BCUT2D eigenvalue weighted by Gasteiger charge is 2.07. The lowest BCUT2D eigenvalue weighted by atomic mass is 10.2.